The summed E-state index contributed by atoms with van der Waals surface area (Å²) in [6.07, 6.45) is 3.24. The van der Waals surface area contributed by atoms with Crippen LogP contribution < -0.4 is 5.73 Å². The smallest absolute Gasteiger partial charge is 0.243 e. The molecule has 1 unspecified atom stereocenters. The minimum atomic E-state index is -0.342. The van der Waals surface area contributed by atoms with Crippen molar-refractivity contribution in [3.05, 3.63) is 108 Å². The molecule has 5 nitrogen and oxygen atoms in total. The van der Waals surface area contributed by atoms with E-state index in [-0.39, 0.29) is 6.04 Å². The molecule has 0 amide bonds. The van der Waals surface area contributed by atoms with E-state index >= 15 is 0 Å². The van der Waals surface area contributed by atoms with Crippen molar-refractivity contribution in [2.45, 2.75) is 32.7 Å². The molecule has 0 saturated heterocycles. The molecular formula is C27H28N4O. The van der Waals surface area contributed by atoms with Crippen LogP contribution in [-0.4, -0.2) is 15.1 Å². The summed E-state index contributed by atoms with van der Waals surface area (Å²) >= 11 is 0. The molecule has 0 saturated carbocycles. The van der Waals surface area contributed by atoms with E-state index in [9.17, 15) is 0 Å². The SMILES string of the molecule is CC.NC(Cc1c[nH]c2ccccc12)c1nc(Cc2ccc(-c3ccccc3)cc2)no1. The topological polar surface area (TPSA) is 80.7 Å². The average molecular weight is 425 g/mol. The maximum atomic E-state index is 6.36. The molecule has 1 atom stereocenters. The lowest BCUT2D eigenvalue weighted by Gasteiger charge is -2.05. The van der Waals surface area contributed by atoms with Crippen LogP contribution in [0.3, 0.4) is 0 Å². The second-order valence-electron chi connectivity index (χ2n) is 7.46. The Morgan fingerprint density at radius 2 is 1.56 bits per heavy atom. The van der Waals surface area contributed by atoms with E-state index in [1.807, 2.05) is 50.4 Å². The third kappa shape index (κ3) is 4.79. The van der Waals surface area contributed by atoms with Gasteiger partial charge in [0.1, 0.15) is 0 Å². The highest BCUT2D eigenvalue weighted by Crippen LogP contribution is 2.23. The molecular weight excluding hydrogens is 396 g/mol. The predicted molar refractivity (Wildman–Crippen MR) is 129 cm³/mol. The van der Waals surface area contributed by atoms with Crippen LogP contribution in [0.25, 0.3) is 22.0 Å². The molecule has 0 aliphatic carbocycles. The lowest BCUT2D eigenvalue weighted by atomic mass is 10.0. The van der Waals surface area contributed by atoms with Crippen molar-refractivity contribution >= 4 is 10.9 Å². The summed E-state index contributed by atoms with van der Waals surface area (Å²) in [5.74, 6) is 1.11. The zero-order chi connectivity index (χ0) is 22.3. The van der Waals surface area contributed by atoms with Crippen LogP contribution in [0.1, 0.15) is 42.7 Å². The van der Waals surface area contributed by atoms with E-state index in [0.717, 1.165) is 16.6 Å². The third-order valence-corrected chi connectivity index (χ3v) is 5.34. The summed E-state index contributed by atoms with van der Waals surface area (Å²) in [5, 5.41) is 5.30. The van der Waals surface area contributed by atoms with Gasteiger partial charge in [-0.05, 0) is 34.7 Å². The van der Waals surface area contributed by atoms with Gasteiger partial charge in [-0.2, -0.15) is 4.98 Å². The number of nitrogens with zero attached hydrogens (tertiary/aromatic N) is 2. The van der Waals surface area contributed by atoms with Crippen LogP contribution in [0, 0.1) is 0 Å². The molecule has 3 N–H and O–H groups in total. The number of aromatic nitrogens is 3. The van der Waals surface area contributed by atoms with Gasteiger partial charge in [0.15, 0.2) is 5.82 Å². The molecule has 0 aliphatic rings. The van der Waals surface area contributed by atoms with Crippen molar-refractivity contribution < 1.29 is 4.52 Å². The number of nitrogens with two attached hydrogens (primary N) is 1. The van der Waals surface area contributed by atoms with Crippen molar-refractivity contribution in [1.29, 1.82) is 0 Å². The lowest BCUT2D eigenvalue weighted by Crippen LogP contribution is -2.13. The number of nitrogens with one attached hydrogen (secondary N) is 1. The molecule has 2 aromatic heterocycles. The molecule has 32 heavy (non-hydrogen) atoms. The normalized spacial score (nSPS) is 11.7. The van der Waals surface area contributed by atoms with Crippen molar-refractivity contribution in [3.8, 4) is 11.1 Å². The molecule has 5 rings (SSSR count). The molecule has 0 aliphatic heterocycles. The van der Waals surface area contributed by atoms with Gasteiger partial charge in [0.05, 0.1) is 6.04 Å². The van der Waals surface area contributed by atoms with Gasteiger partial charge in [-0.15, -0.1) is 0 Å². The Hall–Kier alpha value is -3.70. The van der Waals surface area contributed by atoms with Crippen LogP contribution in [-0.2, 0) is 12.8 Å². The molecule has 2 heterocycles. The number of hydrogen-bond acceptors (Lipinski definition) is 4. The summed E-state index contributed by atoms with van der Waals surface area (Å²) in [6, 6.07) is 26.6. The Bertz CT molecular complexity index is 1260. The highest BCUT2D eigenvalue weighted by atomic mass is 16.5. The van der Waals surface area contributed by atoms with E-state index < -0.39 is 0 Å². The molecule has 0 bridgehead atoms. The average Bonchev–Trinajstić information content (AvgIpc) is 3.49. The van der Waals surface area contributed by atoms with E-state index in [1.54, 1.807) is 0 Å². The first-order valence-corrected chi connectivity index (χ1v) is 11.0. The fourth-order valence-electron chi connectivity index (χ4n) is 3.74. The molecule has 5 heteroatoms. The van der Waals surface area contributed by atoms with Crippen LogP contribution in [0.15, 0.2) is 89.6 Å². The summed E-state index contributed by atoms with van der Waals surface area (Å²) in [5.41, 5.74) is 12.1. The molecule has 5 aromatic rings. The fourth-order valence-corrected chi connectivity index (χ4v) is 3.74. The predicted octanol–water partition coefficient (Wildman–Crippen LogP) is 6.08. The zero-order valence-electron chi connectivity index (χ0n) is 18.5. The second-order valence-corrected chi connectivity index (χ2v) is 7.46. The van der Waals surface area contributed by atoms with E-state index in [2.05, 4.69) is 63.7 Å². The molecule has 162 valence electrons. The highest BCUT2D eigenvalue weighted by molar-refractivity contribution is 5.83. The Kier molecular flexibility index (Phi) is 6.78. The summed E-state index contributed by atoms with van der Waals surface area (Å²) in [6.45, 7) is 4.00. The number of fused-ring (bicyclic) bond motifs is 1. The number of rotatable bonds is 6. The van der Waals surface area contributed by atoms with Gasteiger partial charge in [0.2, 0.25) is 5.89 Å². The second kappa shape index (κ2) is 10.1. The van der Waals surface area contributed by atoms with Crippen molar-refractivity contribution in [2.24, 2.45) is 5.73 Å². The number of hydrogen-bond donors (Lipinski definition) is 2. The number of benzene rings is 3. The Balaban J connectivity index is 0.00000119. The number of para-hydroxylation sites is 1. The molecule has 0 fully saturated rings. The summed E-state index contributed by atoms with van der Waals surface area (Å²) < 4.78 is 5.46. The number of H-pyrrole nitrogens is 1. The van der Waals surface area contributed by atoms with E-state index in [1.165, 1.54) is 16.5 Å². The van der Waals surface area contributed by atoms with E-state index in [0.29, 0.717) is 24.6 Å². The van der Waals surface area contributed by atoms with Crippen LogP contribution in [0.2, 0.25) is 0 Å². The standard InChI is InChI=1S/C25H22N4O.C2H6/c26-22(15-20-16-27-23-9-5-4-8-21(20)23)25-28-24(29-30-25)14-17-10-12-19(13-11-17)18-6-2-1-3-7-18;1-2/h1-13,16,22,27H,14-15,26H2;1-2H3. The van der Waals surface area contributed by atoms with Crippen LogP contribution in [0.4, 0.5) is 0 Å². The zero-order valence-corrected chi connectivity index (χ0v) is 18.5. The lowest BCUT2D eigenvalue weighted by molar-refractivity contribution is 0.351. The first-order chi connectivity index (χ1) is 15.8. The summed E-state index contributed by atoms with van der Waals surface area (Å²) in [7, 11) is 0. The van der Waals surface area contributed by atoms with Gasteiger partial charge in [0, 0.05) is 23.5 Å². The Labute approximate surface area is 188 Å². The van der Waals surface area contributed by atoms with Gasteiger partial charge < -0.3 is 15.2 Å². The molecule has 0 radical (unpaired) electrons. The Morgan fingerprint density at radius 3 is 2.34 bits per heavy atom. The van der Waals surface area contributed by atoms with Crippen LogP contribution in [0.5, 0.6) is 0 Å². The van der Waals surface area contributed by atoms with Crippen molar-refractivity contribution in [2.75, 3.05) is 0 Å². The minimum absolute atomic E-state index is 0.342. The molecule has 0 spiro atoms. The van der Waals surface area contributed by atoms with Crippen molar-refractivity contribution in [1.82, 2.24) is 15.1 Å². The van der Waals surface area contributed by atoms with Gasteiger partial charge in [0.25, 0.3) is 0 Å². The van der Waals surface area contributed by atoms with Gasteiger partial charge in [-0.3, -0.25) is 0 Å². The quantitative estimate of drug-likeness (QED) is 0.346. The first kappa shape index (κ1) is 21.5. The fraction of sp³-hybridized carbons (Fsp3) is 0.185. The Morgan fingerprint density at radius 1 is 0.875 bits per heavy atom. The van der Waals surface area contributed by atoms with Crippen molar-refractivity contribution in [3.63, 3.8) is 0 Å². The molecule has 3 aromatic carbocycles. The van der Waals surface area contributed by atoms with Gasteiger partial charge in [-0.25, -0.2) is 0 Å². The van der Waals surface area contributed by atoms with Gasteiger partial charge >= 0.3 is 0 Å². The highest BCUT2D eigenvalue weighted by Gasteiger charge is 2.17. The monoisotopic (exact) mass is 424 g/mol. The van der Waals surface area contributed by atoms with Gasteiger partial charge in [-0.1, -0.05) is 91.8 Å². The number of aromatic amines is 1. The maximum absolute atomic E-state index is 6.36. The summed E-state index contributed by atoms with van der Waals surface area (Å²) in [4.78, 5) is 7.81. The minimum Gasteiger partial charge on any atom is -0.361 e. The largest absolute Gasteiger partial charge is 0.361 e. The first-order valence-electron chi connectivity index (χ1n) is 11.0. The van der Waals surface area contributed by atoms with Crippen LogP contribution >= 0.6 is 0 Å². The maximum Gasteiger partial charge on any atom is 0.243 e. The third-order valence-electron chi connectivity index (χ3n) is 5.34. The van der Waals surface area contributed by atoms with E-state index in [4.69, 9.17) is 10.3 Å².